The van der Waals surface area contributed by atoms with Crippen molar-refractivity contribution in [1.29, 1.82) is 0 Å². The lowest BCUT2D eigenvalue weighted by Gasteiger charge is -2.31. The number of H-pyrrole nitrogens is 1. The van der Waals surface area contributed by atoms with Crippen LogP contribution in [0.25, 0.3) is 27.8 Å². The van der Waals surface area contributed by atoms with Gasteiger partial charge in [0.25, 0.3) is 5.88 Å². The highest BCUT2D eigenvalue weighted by molar-refractivity contribution is 5.92. The number of aromatic amines is 1. The molecule has 0 aliphatic carbocycles. The number of piperidine rings is 1. The molecule has 3 N–H and O–H groups in total. The summed E-state index contributed by atoms with van der Waals surface area (Å²) in [5.74, 6) is 1.04. The topological polar surface area (TPSA) is 108 Å². The van der Waals surface area contributed by atoms with Crippen molar-refractivity contribution in [3.05, 3.63) is 47.8 Å². The highest BCUT2D eigenvalue weighted by atomic mass is 17.1. The SMILES string of the molecule is CNC(=O)CN1CCC(c2ccc3[nH]c(-c4cc(OO)n5ncnc5c4)c(C(C)C)c3c2)CC1. The summed E-state index contributed by atoms with van der Waals surface area (Å²) in [5, 5.41) is 17.4. The van der Waals surface area contributed by atoms with Crippen LogP contribution < -0.4 is 10.2 Å². The Morgan fingerprint density at radius 2 is 2.06 bits per heavy atom. The minimum atomic E-state index is 0.0698. The molecule has 5 rings (SSSR count). The molecule has 0 bridgehead atoms. The van der Waals surface area contributed by atoms with Gasteiger partial charge < -0.3 is 15.2 Å². The molecule has 4 heterocycles. The van der Waals surface area contributed by atoms with Gasteiger partial charge in [0.15, 0.2) is 5.65 Å². The van der Waals surface area contributed by atoms with Gasteiger partial charge in [-0.25, -0.2) is 10.2 Å². The number of hydrogen-bond donors (Lipinski definition) is 3. The first kappa shape index (κ1) is 22.4. The van der Waals surface area contributed by atoms with Gasteiger partial charge in [-0.2, -0.15) is 9.61 Å². The molecule has 0 radical (unpaired) electrons. The lowest BCUT2D eigenvalue weighted by molar-refractivity contribution is -0.143. The normalized spacial score (nSPS) is 15.4. The lowest BCUT2D eigenvalue weighted by atomic mass is 9.87. The second-order valence-corrected chi connectivity index (χ2v) is 9.30. The van der Waals surface area contributed by atoms with Crippen molar-refractivity contribution in [1.82, 2.24) is 29.8 Å². The summed E-state index contributed by atoms with van der Waals surface area (Å²) >= 11 is 0. The van der Waals surface area contributed by atoms with E-state index in [0.29, 0.717) is 18.1 Å². The zero-order chi connectivity index (χ0) is 23.8. The van der Waals surface area contributed by atoms with Crippen molar-refractivity contribution in [2.45, 2.75) is 38.5 Å². The first-order chi connectivity index (χ1) is 16.5. The number of aromatic nitrogens is 4. The maximum atomic E-state index is 11.7. The molecule has 1 fully saturated rings. The van der Waals surface area contributed by atoms with Gasteiger partial charge in [0, 0.05) is 29.6 Å². The number of pyridine rings is 1. The zero-order valence-electron chi connectivity index (χ0n) is 19.7. The van der Waals surface area contributed by atoms with Crippen molar-refractivity contribution < 1.29 is 14.9 Å². The molecule has 9 nitrogen and oxygen atoms in total. The van der Waals surface area contributed by atoms with Crippen LogP contribution in [-0.4, -0.2) is 62.3 Å². The lowest BCUT2D eigenvalue weighted by Crippen LogP contribution is -2.40. The van der Waals surface area contributed by atoms with E-state index >= 15 is 0 Å². The maximum absolute atomic E-state index is 11.7. The number of nitrogens with one attached hydrogen (secondary N) is 2. The zero-order valence-corrected chi connectivity index (χ0v) is 19.7. The molecule has 0 atom stereocenters. The molecule has 0 spiro atoms. The van der Waals surface area contributed by atoms with E-state index in [9.17, 15) is 10.1 Å². The molecule has 1 aliphatic rings. The monoisotopic (exact) mass is 462 g/mol. The Balaban J connectivity index is 1.49. The number of carbonyl (C=O) groups is 1. The van der Waals surface area contributed by atoms with E-state index in [-0.39, 0.29) is 17.7 Å². The highest BCUT2D eigenvalue weighted by Gasteiger charge is 2.24. The van der Waals surface area contributed by atoms with Crippen LogP contribution >= 0.6 is 0 Å². The largest absolute Gasteiger partial charge is 0.358 e. The maximum Gasteiger partial charge on any atom is 0.259 e. The van der Waals surface area contributed by atoms with Gasteiger partial charge in [-0.05, 0) is 67.1 Å². The van der Waals surface area contributed by atoms with Gasteiger partial charge in [-0.3, -0.25) is 9.69 Å². The molecule has 9 heteroatoms. The van der Waals surface area contributed by atoms with E-state index in [1.807, 2.05) is 6.07 Å². The van der Waals surface area contributed by atoms with Gasteiger partial charge in [0.1, 0.15) is 6.33 Å². The van der Waals surface area contributed by atoms with Crippen LogP contribution in [-0.2, 0) is 4.79 Å². The van der Waals surface area contributed by atoms with Crippen molar-refractivity contribution in [3.63, 3.8) is 0 Å². The van der Waals surface area contributed by atoms with Crippen LogP contribution in [0, 0.1) is 0 Å². The first-order valence-corrected chi connectivity index (χ1v) is 11.7. The predicted molar refractivity (Wildman–Crippen MR) is 130 cm³/mol. The van der Waals surface area contributed by atoms with Crippen LogP contribution in [0.2, 0.25) is 0 Å². The minimum Gasteiger partial charge on any atom is -0.358 e. The van der Waals surface area contributed by atoms with Crippen LogP contribution in [0.1, 0.15) is 49.7 Å². The van der Waals surface area contributed by atoms with Crippen LogP contribution in [0.15, 0.2) is 36.7 Å². The molecule has 1 aliphatic heterocycles. The van der Waals surface area contributed by atoms with Gasteiger partial charge in [-0.15, -0.1) is 0 Å². The van der Waals surface area contributed by atoms with Gasteiger partial charge >= 0.3 is 0 Å². The van der Waals surface area contributed by atoms with E-state index in [0.717, 1.165) is 42.7 Å². The molecule has 0 unspecified atom stereocenters. The number of fused-ring (bicyclic) bond motifs is 2. The predicted octanol–water partition coefficient (Wildman–Crippen LogP) is 3.78. The summed E-state index contributed by atoms with van der Waals surface area (Å²) in [7, 11) is 1.68. The van der Waals surface area contributed by atoms with Gasteiger partial charge in [0.2, 0.25) is 5.91 Å². The summed E-state index contributed by atoms with van der Waals surface area (Å²) in [6, 6.07) is 10.4. The molecule has 1 aromatic carbocycles. The van der Waals surface area contributed by atoms with Crippen LogP contribution in [0.3, 0.4) is 0 Å². The van der Waals surface area contributed by atoms with Crippen molar-refractivity contribution >= 4 is 22.5 Å². The molecule has 0 saturated carbocycles. The van der Waals surface area contributed by atoms with E-state index in [2.05, 4.69) is 62.2 Å². The van der Waals surface area contributed by atoms with Crippen LogP contribution in [0.5, 0.6) is 5.88 Å². The number of hydrogen-bond acceptors (Lipinski definition) is 6. The fourth-order valence-corrected chi connectivity index (χ4v) is 5.12. The van der Waals surface area contributed by atoms with Gasteiger partial charge in [-0.1, -0.05) is 19.9 Å². The Morgan fingerprint density at radius 3 is 2.76 bits per heavy atom. The molecule has 34 heavy (non-hydrogen) atoms. The molecular formula is C25H30N6O3. The standard InChI is InChI=1S/C25H30N6O3/c1-15(2)24-19-10-17(16-6-8-30(9-7-16)13-22(32)26-3)4-5-20(19)29-25(24)18-11-21-27-14-28-31(21)23(12-18)34-33/h4-5,10-12,14-16,29,33H,6-9,13H2,1-3H3,(H,26,32). The smallest absolute Gasteiger partial charge is 0.259 e. The molecule has 3 aromatic heterocycles. The molecular weight excluding hydrogens is 432 g/mol. The molecule has 178 valence electrons. The van der Waals surface area contributed by atoms with Crippen molar-refractivity contribution in [2.75, 3.05) is 26.7 Å². The number of rotatable bonds is 6. The second-order valence-electron chi connectivity index (χ2n) is 9.30. The first-order valence-electron chi connectivity index (χ1n) is 11.7. The van der Waals surface area contributed by atoms with Crippen LogP contribution in [0.4, 0.5) is 0 Å². The number of nitrogens with zero attached hydrogens (tertiary/aromatic N) is 4. The Labute approximate surface area is 197 Å². The highest BCUT2D eigenvalue weighted by Crippen LogP contribution is 2.39. The number of benzene rings is 1. The third-order valence-electron chi connectivity index (χ3n) is 6.87. The molecule has 1 amide bonds. The second kappa shape index (κ2) is 9.08. The number of amides is 1. The Kier molecular flexibility index (Phi) is 5.97. The van der Waals surface area contributed by atoms with E-state index in [4.69, 9.17) is 0 Å². The summed E-state index contributed by atoms with van der Waals surface area (Å²) in [6.07, 6.45) is 3.51. The quantitative estimate of drug-likeness (QED) is 0.297. The fraction of sp³-hybridized carbons (Fsp3) is 0.400. The number of likely N-dealkylation sites (N-methyl/N-ethyl adjacent to an activating group) is 1. The number of carbonyl (C=O) groups excluding carboxylic acids is 1. The summed E-state index contributed by atoms with van der Waals surface area (Å²) in [6.45, 7) is 6.70. The summed E-state index contributed by atoms with van der Waals surface area (Å²) in [5.41, 5.74) is 6.11. The Hall–Kier alpha value is -3.43. The van der Waals surface area contributed by atoms with Crippen molar-refractivity contribution in [2.24, 2.45) is 0 Å². The van der Waals surface area contributed by atoms with E-state index in [1.165, 1.54) is 27.4 Å². The minimum absolute atomic E-state index is 0.0698. The summed E-state index contributed by atoms with van der Waals surface area (Å²) in [4.78, 5) is 26.4. The third-order valence-corrected chi connectivity index (χ3v) is 6.87. The van der Waals surface area contributed by atoms with E-state index < -0.39 is 0 Å². The fourth-order valence-electron chi connectivity index (χ4n) is 5.12. The Bertz CT molecular complexity index is 1330. The molecule has 1 saturated heterocycles. The van der Waals surface area contributed by atoms with Crippen molar-refractivity contribution in [3.8, 4) is 17.1 Å². The Morgan fingerprint density at radius 1 is 1.26 bits per heavy atom. The van der Waals surface area contributed by atoms with Gasteiger partial charge in [0.05, 0.1) is 12.2 Å². The summed E-state index contributed by atoms with van der Waals surface area (Å²) < 4.78 is 1.45. The number of likely N-dealkylation sites (tertiary alicyclic amines) is 1. The average molecular weight is 463 g/mol. The van der Waals surface area contributed by atoms with E-state index in [1.54, 1.807) is 13.1 Å². The average Bonchev–Trinajstić information content (AvgIpc) is 3.48. The third kappa shape index (κ3) is 4.01. The molecule has 4 aromatic rings.